The standard InChI is InChI=1S/C47H30N2S/c1-3-14-31(15-4-1)32-26-28-34(29-27-32)42-30-41(33-16-5-2-6-17-33)48-46(49-42)37-20-13-19-36-35-18-7-8-21-38(35)47(45(36)37)39-22-9-11-24-43(39)50-44-25-12-10-23-40(44)47/h1-30H. The Morgan fingerprint density at radius 1 is 0.360 bits per heavy atom. The van der Waals surface area contributed by atoms with Crippen LogP contribution in [0.3, 0.4) is 0 Å². The second kappa shape index (κ2) is 11.5. The SMILES string of the molecule is c1ccc(-c2ccc(-c3cc(-c4ccccc4)nc(-c4cccc5c4C4(c6ccccc6Sc6ccccc64)c4ccccc4-5)n3)cc2)cc1. The van der Waals surface area contributed by atoms with E-state index >= 15 is 0 Å². The summed E-state index contributed by atoms with van der Waals surface area (Å²) in [6.07, 6.45) is 0. The zero-order chi connectivity index (χ0) is 33.1. The number of nitrogens with zero attached hydrogens (tertiary/aromatic N) is 2. The van der Waals surface area contributed by atoms with Crippen LogP contribution in [0.15, 0.2) is 192 Å². The first-order valence-electron chi connectivity index (χ1n) is 17.0. The second-order valence-electron chi connectivity index (χ2n) is 12.9. The molecule has 0 saturated carbocycles. The van der Waals surface area contributed by atoms with Crippen molar-refractivity contribution in [1.82, 2.24) is 9.97 Å². The summed E-state index contributed by atoms with van der Waals surface area (Å²) in [6.45, 7) is 0. The molecule has 2 aliphatic rings. The topological polar surface area (TPSA) is 25.8 Å². The van der Waals surface area contributed by atoms with E-state index < -0.39 is 5.41 Å². The molecule has 8 aromatic rings. The van der Waals surface area contributed by atoms with Gasteiger partial charge >= 0.3 is 0 Å². The molecule has 0 saturated heterocycles. The Balaban J connectivity index is 1.25. The van der Waals surface area contributed by atoms with Gasteiger partial charge in [0.15, 0.2) is 5.82 Å². The van der Waals surface area contributed by atoms with Gasteiger partial charge in [0.1, 0.15) is 0 Å². The van der Waals surface area contributed by atoms with Crippen LogP contribution in [-0.2, 0) is 5.41 Å². The molecule has 50 heavy (non-hydrogen) atoms. The highest BCUT2D eigenvalue weighted by molar-refractivity contribution is 7.99. The number of aromatic nitrogens is 2. The Labute approximate surface area is 296 Å². The molecule has 3 heteroatoms. The van der Waals surface area contributed by atoms with E-state index in [0.717, 1.165) is 33.9 Å². The number of hydrogen-bond donors (Lipinski definition) is 0. The van der Waals surface area contributed by atoms with E-state index in [0.29, 0.717) is 0 Å². The number of rotatable bonds is 4. The Kier molecular flexibility index (Phi) is 6.68. The molecule has 0 atom stereocenters. The van der Waals surface area contributed by atoms with E-state index in [-0.39, 0.29) is 0 Å². The summed E-state index contributed by atoms with van der Waals surface area (Å²) in [5, 5.41) is 0. The number of benzene rings is 7. The molecule has 1 spiro atoms. The van der Waals surface area contributed by atoms with Crippen LogP contribution in [0, 0.1) is 0 Å². The molecular formula is C47H30N2S. The lowest BCUT2D eigenvalue weighted by Gasteiger charge is -2.40. The first-order valence-corrected chi connectivity index (χ1v) is 17.8. The minimum absolute atomic E-state index is 0.523. The molecule has 0 unspecified atom stereocenters. The first-order chi connectivity index (χ1) is 24.8. The number of fused-ring (bicyclic) bond motifs is 9. The Bertz CT molecular complexity index is 2510. The fourth-order valence-electron chi connectivity index (χ4n) is 8.04. The average Bonchev–Trinajstić information content (AvgIpc) is 3.49. The summed E-state index contributed by atoms with van der Waals surface area (Å²) in [5.74, 6) is 0.728. The number of hydrogen-bond acceptors (Lipinski definition) is 3. The highest BCUT2D eigenvalue weighted by atomic mass is 32.2. The fraction of sp³-hybridized carbons (Fsp3) is 0.0213. The Morgan fingerprint density at radius 3 is 1.48 bits per heavy atom. The van der Waals surface area contributed by atoms with E-state index in [1.807, 2.05) is 11.8 Å². The van der Waals surface area contributed by atoms with Gasteiger partial charge in [-0.25, -0.2) is 9.97 Å². The van der Waals surface area contributed by atoms with Gasteiger partial charge in [-0.1, -0.05) is 176 Å². The van der Waals surface area contributed by atoms with Crippen LogP contribution in [0.4, 0.5) is 0 Å². The van der Waals surface area contributed by atoms with Crippen molar-refractivity contribution in [3.8, 4) is 56.2 Å². The van der Waals surface area contributed by atoms with Crippen LogP contribution >= 0.6 is 11.8 Å². The lowest BCUT2D eigenvalue weighted by atomic mass is 9.66. The summed E-state index contributed by atoms with van der Waals surface area (Å²) in [7, 11) is 0. The van der Waals surface area contributed by atoms with E-state index in [1.165, 1.54) is 54.3 Å². The van der Waals surface area contributed by atoms with Crippen molar-refractivity contribution in [2.45, 2.75) is 15.2 Å². The molecule has 0 radical (unpaired) electrons. The van der Waals surface area contributed by atoms with Crippen LogP contribution in [0.5, 0.6) is 0 Å². The second-order valence-corrected chi connectivity index (χ2v) is 14.0. The fourth-order valence-corrected chi connectivity index (χ4v) is 9.23. The van der Waals surface area contributed by atoms with Crippen molar-refractivity contribution < 1.29 is 0 Å². The summed E-state index contributed by atoms with van der Waals surface area (Å²) < 4.78 is 0. The molecule has 1 aliphatic carbocycles. The smallest absolute Gasteiger partial charge is 0.160 e. The maximum Gasteiger partial charge on any atom is 0.160 e. The molecule has 7 aromatic carbocycles. The van der Waals surface area contributed by atoms with Gasteiger partial charge in [0.25, 0.3) is 0 Å². The van der Waals surface area contributed by atoms with Gasteiger partial charge in [0.2, 0.25) is 0 Å². The van der Waals surface area contributed by atoms with Gasteiger partial charge in [0, 0.05) is 26.5 Å². The maximum atomic E-state index is 5.42. The zero-order valence-corrected chi connectivity index (χ0v) is 27.9. The third-order valence-corrected chi connectivity index (χ3v) is 11.3. The quantitative estimate of drug-likeness (QED) is 0.189. The van der Waals surface area contributed by atoms with Gasteiger partial charge in [-0.15, -0.1) is 0 Å². The van der Waals surface area contributed by atoms with Crippen LogP contribution in [0.1, 0.15) is 22.3 Å². The molecular weight excluding hydrogens is 625 g/mol. The van der Waals surface area contributed by atoms with Crippen molar-refractivity contribution >= 4 is 11.8 Å². The van der Waals surface area contributed by atoms with Crippen LogP contribution in [0.2, 0.25) is 0 Å². The van der Waals surface area contributed by atoms with E-state index in [1.54, 1.807) is 0 Å². The highest BCUT2D eigenvalue weighted by Crippen LogP contribution is 2.63. The van der Waals surface area contributed by atoms with Crippen molar-refractivity contribution in [2.24, 2.45) is 0 Å². The van der Waals surface area contributed by atoms with Crippen molar-refractivity contribution in [1.29, 1.82) is 0 Å². The first kappa shape index (κ1) is 28.9. The third kappa shape index (κ3) is 4.37. The molecule has 2 heterocycles. The highest BCUT2D eigenvalue weighted by Gasteiger charge is 2.51. The minimum atomic E-state index is -0.523. The molecule has 10 rings (SSSR count). The molecule has 1 aromatic heterocycles. The zero-order valence-electron chi connectivity index (χ0n) is 27.1. The van der Waals surface area contributed by atoms with Crippen molar-refractivity contribution in [3.05, 3.63) is 204 Å². The monoisotopic (exact) mass is 654 g/mol. The largest absolute Gasteiger partial charge is 0.228 e. The predicted molar refractivity (Wildman–Crippen MR) is 205 cm³/mol. The molecule has 0 amide bonds. The van der Waals surface area contributed by atoms with Crippen LogP contribution in [-0.4, -0.2) is 9.97 Å². The summed E-state index contributed by atoms with van der Waals surface area (Å²) in [6, 6.07) is 65.3. The van der Waals surface area contributed by atoms with Gasteiger partial charge in [0.05, 0.1) is 16.8 Å². The summed E-state index contributed by atoms with van der Waals surface area (Å²) in [4.78, 5) is 13.4. The lowest BCUT2D eigenvalue weighted by molar-refractivity contribution is 0.723. The van der Waals surface area contributed by atoms with Gasteiger partial charge in [-0.2, -0.15) is 0 Å². The summed E-state index contributed by atoms with van der Waals surface area (Å²) in [5.41, 5.74) is 14.5. The molecule has 234 valence electrons. The van der Waals surface area contributed by atoms with Crippen molar-refractivity contribution in [2.75, 3.05) is 0 Å². The Morgan fingerprint density at radius 2 is 0.820 bits per heavy atom. The third-order valence-electron chi connectivity index (χ3n) is 10.2. The maximum absolute atomic E-state index is 5.42. The summed E-state index contributed by atoms with van der Waals surface area (Å²) >= 11 is 1.86. The van der Waals surface area contributed by atoms with Gasteiger partial charge < -0.3 is 0 Å². The Hall–Kier alpha value is -6.03. The van der Waals surface area contributed by atoms with Gasteiger partial charge in [-0.05, 0) is 62.7 Å². The molecule has 0 N–H and O–H groups in total. The minimum Gasteiger partial charge on any atom is -0.228 e. The van der Waals surface area contributed by atoms with E-state index in [9.17, 15) is 0 Å². The van der Waals surface area contributed by atoms with E-state index in [4.69, 9.17) is 9.97 Å². The normalized spacial score (nSPS) is 13.3. The lowest BCUT2D eigenvalue weighted by Crippen LogP contribution is -2.32. The average molecular weight is 655 g/mol. The molecule has 1 aliphatic heterocycles. The predicted octanol–water partition coefficient (Wildman–Crippen LogP) is 12.0. The van der Waals surface area contributed by atoms with E-state index in [2.05, 4.69) is 182 Å². The van der Waals surface area contributed by atoms with Crippen LogP contribution in [0.25, 0.3) is 56.2 Å². The van der Waals surface area contributed by atoms with Gasteiger partial charge in [-0.3, -0.25) is 0 Å². The molecule has 0 fully saturated rings. The van der Waals surface area contributed by atoms with Crippen molar-refractivity contribution in [3.63, 3.8) is 0 Å². The molecule has 2 nitrogen and oxygen atoms in total. The molecule has 0 bridgehead atoms. The van der Waals surface area contributed by atoms with Crippen LogP contribution < -0.4 is 0 Å².